The molecule has 0 fully saturated rings. The number of esters is 1. The molecule has 0 aliphatic carbocycles. The molecule has 1 atom stereocenters. The number of carbonyl (C=O) groups excluding carboxylic acids is 3. The van der Waals surface area contributed by atoms with Crippen molar-refractivity contribution < 1.29 is 32.3 Å². The van der Waals surface area contributed by atoms with Crippen LogP contribution < -0.4 is 11.1 Å². The Kier molecular flexibility index (Phi) is 6.98. The molecule has 0 aromatic heterocycles. The minimum absolute atomic E-state index is 0.266. The van der Waals surface area contributed by atoms with Crippen LogP contribution in [-0.2, 0) is 26.9 Å². The number of halogens is 3. The number of nitrogens with one attached hydrogen (secondary N) is 1. The van der Waals surface area contributed by atoms with Gasteiger partial charge in [-0.2, -0.15) is 13.2 Å². The molecule has 0 saturated heterocycles. The van der Waals surface area contributed by atoms with E-state index < -0.39 is 42.0 Å². The molecular formula is C20H19F3N2O4. The van der Waals surface area contributed by atoms with Gasteiger partial charge in [-0.05, 0) is 37.1 Å². The highest BCUT2D eigenvalue weighted by Gasteiger charge is 2.31. The number of amides is 1. The summed E-state index contributed by atoms with van der Waals surface area (Å²) in [5.74, 6) is -2.05. The van der Waals surface area contributed by atoms with Crippen LogP contribution in [0.2, 0.25) is 0 Å². The number of rotatable bonds is 7. The second kappa shape index (κ2) is 9.22. The number of hydrogen-bond donors (Lipinski definition) is 2. The van der Waals surface area contributed by atoms with Crippen LogP contribution >= 0.6 is 0 Å². The lowest BCUT2D eigenvalue weighted by molar-refractivity contribution is -0.137. The first-order valence-electron chi connectivity index (χ1n) is 8.55. The van der Waals surface area contributed by atoms with Crippen LogP contribution in [0.3, 0.4) is 0 Å². The van der Waals surface area contributed by atoms with E-state index in [0.29, 0.717) is 12.1 Å². The van der Waals surface area contributed by atoms with Crippen molar-refractivity contribution in [3.63, 3.8) is 0 Å². The largest absolute Gasteiger partial charge is 0.452 e. The van der Waals surface area contributed by atoms with Gasteiger partial charge in [0.2, 0.25) is 0 Å². The van der Waals surface area contributed by atoms with E-state index in [1.807, 2.05) is 6.07 Å². The zero-order valence-electron chi connectivity index (χ0n) is 15.5. The number of nitrogen functional groups attached to an aromatic ring is 1. The van der Waals surface area contributed by atoms with Crippen molar-refractivity contribution >= 4 is 23.3 Å². The average Bonchev–Trinajstić information content (AvgIpc) is 2.65. The lowest BCUT2D eigenvalue weighted by atomic mass is 10.0. The van der Waals surface area contributed by atoms with Crippen LogP contribution in [-0.4, -0.2) is 30.3 Å². The summed E-state index contributed by atoms with van der Waals surface area (Å²) < 4.78 is 42.7. The van der Waals surface area contributed by atoms with Crippen molar-refractivity contribution in [3.8, 4) is 0 Å². The van der Waals surface area contributed by atoms with Gasteiger partial charge in [0.15, 0.2) is 12.4 Å². The quantitative estimate of drug-likeness (QED) is 0.542. The Morgan fingerprint density at radius 2 is 1.76 bits per heavy atom. The summed E-state index contributed by atoms with van der Waals surface area (Å²) in [7, 11) is 0. The molecular weight excluding hydrogens is 389 g/mol. The Hall–Kier alpha value is -3.36. The Labute approximate surface area is 164 Å². The summed E-state index contributed by atoms with van der Waals surface area (Å²) in [6.45, 7) is 0.612. The summed E-state index contributed by atoms with van der Waals surface area (Å²) in [5.41, 5.74) is 4.60. The van der Waals surface area contributed by atoms with Crippen molar-refractivity contribution in [2.75, 3.05) is 12.3 Å². The molecule has 6 nitrogen and oxygen atoms in total. The molecule has 0 aliphatic rings. The number of alkyl halides is 3. The fraction of sp³-hybridized carbons (Fsp3) is 0.250. The fourth-order valence-corrected chi connectivity index (χ4v) is 2.52. The van der Waals surface area contributed by atoms with E-state index in [9.17, 15) is 27.6 Å². The Bertz CT molecular complexity index is 898. The standard InChI is InChI=1S/C20H19F3N2O4/c1-12(26)17(9-13-5-3-2-4-6-13)25-18(27)11-29-19(28)15-8-7-14(10-16(15)24)20(21,22)23/h2-8,10,17H,9,11,24H2,1H3,(H,25,27)/t17-/m1/s1. The summed E-state index contributed by atoms with van der Waals surface area (Å²) in [5, 5.41) is 2.47. The predicted octanol–water partition coefficient (Wildman–Crippen LogP) is 2.76. The third-order valence-electron chi connectivity index (χ3n) is 4.04. The smallest absolute Gasteiger partial charge is 0.416 e. The van der Waals surface area contributed by atoms with Gasteiger partial charge in [-0.3, -0.25) is 9.59 Å². The summed E-state index contributed by atoms with van der Waals surface area (Å²) >= 11 is 0. The Morgan fingerprint density at radius 3 is 2.31 bits per heavy atom. The Balaban J connectivity index is 1.95. The lowest BCUT2D eigenvalue weighted by Gasteiger charge is -2.16. The summed E-state index contributed by atoms with van der Waals surface area (Å²) in [6, 6.07) is 10.4. The molecule has 29 heavy (non-hydrogen) atoms. The maximum absolute atomic E-state index is 12.6. The fourth-order valence-electron chi connectivity index (χ4n) is 2.52. The molecule has 0 aliphatic heterocycles. The van der Waals surface area contributed by atoms with Crippen LogP contribution in [0.1, 0.15) is 28.4 Å². The van der Waals surface area contributed by atoms with Gasteiger partial charge in [-0.1, -0.05) is 30.3 Å². The highest BCUT2D eigenvalue weighted by Crippen LogP contribution is 2.31. The van der Waals surface area contributed by atoms with Crippen molar-refractivity contribution in [1.82, 2.24) is 5.32 Å². The molecule has 2 aromatic rings. The lowest BCUT2D eigenvalue weighted by Crippen LogP contribution is -2.43. The summed E-state index contributed by atoms with van der Waals surface area (Å²) in [4.78, 5) is 35.8. The number of Topliss-reactive ketones (excluding diaryl/α,β-unsaturated/α-hetero) is 1. The molecule has 0 radical (unpaired) electrons. The molecule has 9 heteroatoms. The third-order valence-corrected chi connectivity index (χ3v) is 4.04. The molecule has 2 aromatic carbocycles. The van der Waals surface area contributed by atoms with E-state index in [1.54, 1.807) is 24.3 Å². The molecule has 3 N–H and O–H groups in total. The van der Waals surface area contributed by atoms with Gasteiger partial charge in [-0.15, -0.1) is 0 Å². The Morgan fingerprint density at radius 1 is 1.10 bits per heavy atom. The zero-order valence-corrected chi connectivity index (χ0v) is 15.5. The monoisotopic (exact) mass is 408 g/mol. The number of anilines is 1. The van der Waals surface area contributed by atoms with Gasteiger partial charge in [-0.25, -0.2) is 4.79 Å². The highest BCUT2D eigenvalue weighted by molar-refractivity contribution is 5.96. The minimum atomic E-state index is -4.60. The van der Waals surface area contributed by atoms with E-state index >= 15 is 0 Å². The van der Waals surface area contributed by atoms with Crippen LogP contribution in [0.25, 0.3) is 0 Å². The second-order valence-corrected chi connectivity index (χ2v) is 6.30. The van der Waals surface area contributed by atoms with Crippen molar-refractivity contribution in [3.05, 3.63) is 65.2 Å². The number of nitrogens with two attached hydrogens (primary N) is 1. The third kappa shape index (κ3) is 6.34. The molecule has 154 valence electrons. The van der Waals surface area contributed by atoms with Gasteiger partial charge in [0.1, 0.15) is 0 Å². The molecule has 2 rings (SSSR count). The van der Waals surface area contributed by atoms with Crippen LogP contribution in [0, 0.1) is 0 Å². The normalized spacial score (nSPS) is 12.1. The number of benzene rings is 2. The van der Waals surface area contributed by atoms with Crippen LogP contribution in [0.4, 0.5) is 18.9 Å². The van der Waals surface area contributed by atoms with Gasteiger partial charge in [0.05, 0.1) is 17.2 Å². The van der Waals surface area contributed by atoms with Gasteiger partial charge in [0, 0.05) is 5.69 Å². The van der Waals surface area contributed by atoms with E-state index in [0.717, 1.165) is 11.6 Å². The van der Waals surface area contributed by atoms with Crippen molar-refractivity contribution in [2.24, 2.45) is 0 Å². The first kappa shape index (κ1) is 21.9. The predicted molar refractivity (Wildman–Crippen MR) is 98.9 cm³/mol. The maximum Gasteiger partial charge on any atom is 0.416 e. The van der Waals surface area contributed by atoms with Crippen LogP contribution in [0.15, 0.2) is 48.5 Å². The SMILES string of the molecule is CC(=O)[C@@H](Cc1ccccc1)NC(=O)COC(=O)c1ccc(C(F)(F)F)cc1N. The van der Waals surface area contributed by atoms with E-state index in [-0.39, 0.29) is 17.8 Å². The van der Waals surface area contributed by atoms with Gasteiger partial charge >= 0.3 is 12.1 Å². The number of hydrogen-bond acceptors (Lipinski definition) is 5. The summed E-state index contributed by atoms with van der Waals surface area (Å²) in [6.07, 6.45) is -4.33. The molecule has 0 spiro atoms. The molecule has 0 heterocycles. The van der Waals surface area contributed by atoms with E-state index in [2.05, 4.69) is 5.32 Å². The topological polar surface area (TPSA) is 98.5 Å². The highest BCUT2D eigenvalue weighted by atomic mass is 19.4. The maximum atomic E-state index is 12.6. The van der Waals surface area contributed by atoms with Gasteiger partial charge < -0.3 is 15.8 Å². The first-order chi connectivity index (χ1) is 13.6. The molecule has 1 amide bonds. The van der Waals surface area contributed by atoms with E-state index in [1.165, 1.54) is 6.92 Å². The minimum Gasteiger partial charge on any atom is -0.452 e. The molecule has 0 bridgehead atoms. The van der Waals surface area contributed by atoms with E-state index in [4.69, 9.17) is 10.5 Å². The second-order valence-electron chi connectivity index (χ2n) is 6.30. The number of carbonyl (C=O) groups is 3. The number of ether oxygens (including phenoxy) is 1. The van der Waals surface area contributed by atoms with Gasteiger partial charge in [0.25, 0.3) is 5.91 Å². The number of ketones is 1. The van der Waals surface area contributed by atoms with Crippen molar-refractivity contribution in [1.29, 1.82) is 0 Å². The first-order valence-corrected chi connectivity index (χ1v) is 8.55. The van der Waals surface area contributed by atoms with Crippen LogP contribution in [0.5, 0.6) is 0 Å². The zero-order chi connectivity index (χ0) is 21.6. The average molecular weight is 408 g/mol. The molecule has 0 saturated carbocycles. The molecule has 0 unspecified atom stereocenters. The van der Waals surface area contributed by atoms with Crippen molar-refractivity contribution in [2.45, 2.75) is 25.6 Å².